The van der Waals surface area contributed by atoms with Gasteiger partial charge in [-0.2, -0.15) is 0 Å². The Bertz CT molecular complexity index is 2350. The molecule has 1 heterocycles. The first-order chi connectivity index (χ1) is 22.7. The molecule has 0 bridgehead atoms. The third-order valence-electron chi connectivity index (χ3n) is 9.40. The summed E-state index contributed by atoms with van der Waals surface area (Å²) in [6, 6.07) is 60.5. The second-order valence-corrected chi connectivity index (χ2v) is 12.3. The third-order valence-corrected chi connectivity index (χ3v) is 9.65. The van der Waals surface area contributed by atoms with Crippen LogP contribution in [0.5, 0.6) is 0 Å². The summed E-state index contributed by atoms with van der Waals surface area (Å²) in [5.41, 5.74) is 11.9. The molecule has 0 saturated heterocycles. The highest BCUT2D eigenvalue weighted by Crippen LogP contribution is 2.57. The topological polar surface area (TPSA) is 16.4 Å². The smallest absolute Gasteiger partial charge is 0.227 e. The molecule has 0 radical (unpaired) electrons. The number of hydrogen-bond acceptors (Lipinski definition) is 2. The number of hydrogen-bond donors (Lipinski definition) is 0. The Morgan fingerprint density at radius 3 is 1.89 bits per heavy atom. The first kappa shape index (κ1) is 26.8. The van der Waals surface area contributed by atoms with Crippen LogP contribution in [0.15, 0.2) is 174 Å². The number of anilines is 3. The van der Waals surface area contributed by atoms with Crippen molar-refractivity contribution in [2.45, 2.75) is 5.41 Å². The summed E-state index contributed by atoms with van der Waals surface area (Å²) >= 11 is 5.72. The Morgan fingerprint density at radius 1 is 0.478 bits per heavy atom. The van der Waals surface area contributed by atoms with Crippen LogP contribution in [0.25, 0.3) is 33.1 Å². The minimum Gasteiger partial charge on any atom is -0.456 e. The van der Waals surface area contributed by atoms with Crippen LogP contribution in [-0.4, -0.2) is 0 Å². The molecule has 0 aliphatic heterocycles. The van der Waals surface area contributed by atoms with Crippen LogP contribution in [0.4, 0.5) is 17.1 Å². The van der Waals surface area contributed by atoms with Crippen LogP contribution >= 0.6 is 0 Å². The van der Waals surface area contributed by atoms with Crippen molar-refractivity contribution in [3.63, 3.8) is 0 Å². The van der Waals surface area contributed by atoms with Gasteiger partial charge in [-0.15, -0.1) is 0 Å². The minimum atomic E-state index is -0.496. The SMILES string of the molecule is [ClH+]c1cccc(N(c2ccc3c(c2)C(c2ccccc2)(c2ccccc2)c2ccccc2-3)c2cccc3oc4ccccc4c23)c1. The second-order valence-electron chi connectivity index (χ2n) is 11.8. The van der Waals surface area contributed by atoms with Gasteiger partial charge in [0.15, 0.2) is 11.6 Å². The van der Waals surface area contributed by atoms with Gasteiger partial charge in [0.1, 0.15) is 11.2 Å². The van der Waals surface area contributed by atoms with E-state index in [4.69, 9.17) is 16.0 Å². The maximum Gasteiger partial charge on any atom is 0.227 e. The second kappa shape index (κ2) is 10.5. The van der Waals surface area contributed by atoms with E-state index in [-0.39, 0.29) is 0 Å². The number of nitrogens with zero attached hydrogens (tertiary/aromatic N) is 1. The largest absolute Gasteiger partial charge is 0.456 e. The lowest BCUT2D eigenvalue weighted by atomic mass is 9.67. The molecule has 1 aromatic heterocycles. The Balaban J connectivity index is 1.38. The lowest BCUT2D eigenvalue weighted by Crippen LogP contribution is -2.28. The minimum absolute atomic E-state index is 0.496. The Hall–Kier alpha value is -5.57. The maximum absolute atomic E-state index is 6.36. The zero-order valence-electron chi connectivity index (χ0n) is 24.9. The average Bonchev–Trinajstić information content (AvgIpc) is 3.64. The Kier molecular flexibility index (Phi) is 6.12. The maximum atomic E-state index is 6.36. The van der Waals surface area contributed by atoms with Gasteiger partial charge in [0.25, 0.3) is 0 Å². The highest BCUT2D eigenvalue weighted by atomic mass is 35.5. The van der Waals surface area contributed by atoms with Gasteiger partial charge in [-0.25, -0.2) is 0 Å². The average molecular weight is 611 g/mol. The van der Waals surface area contributed by atoms with E-state index in [1.54, 1.807) is 0 Å². The van der Waals surface area contributed by atoms with Crippen molar-refractivity contribution in [1.82, 2.24) is 0 Å². The van der Waals surface area contributed by atoms with E-state index in [2.05, 4.69) is 150 Å². The van der Waals surface area contributed by atoms with E-state index in [0.29, 0.717) is 0 Å². The molecule has 2 nitrogen and oxygen atoms in total. The molecular formula is C43H29ClNO+. The first-order valence-electron chi connectivity index (χ1n) is 15.6. The first-order valence-corrected chi connectivity index (χ1v) is 16.0. The summed E-state index contributed by atoms with van der Waals surface area (Å²) in [4.78, 5) is 2.34. The van der Waals surface area contributed by atoms with Crippen molar-refractivity contribution >= 4 is 39.0 Å². The zero-order chi connectivity index (χ0) is 30.7. The van der Waals surface area contributed by atoms with Crippen molar-refractivity contribution in [2.75, 3.05) is 4.90 Å². The number of furan rings is 1. The molecule has 9 rings (SSSR count). The highest BCUT2D eigenvalue weighted by molar-refractivity contribution is 6.13. The fourth-order valence-electron chi connectivity index (χ4n) is 7.56. The van der Waals surface area contributed by atoms with Crippen LogP contribution < -0.4 is 4.90 Å². The van der Waals surface area contributed by atoms with Gasteiger partial charge in [-0.05, 0) is 69.8 Å². The molecule has 0 atom stereocenters. The van der Waals surface area contributed by atoms with E-state index in [1.807, 2.05) is 24.3 Å². The summed E-state index contributed by atoms with van der Waals surface area (Å²) in [6.07, 6.45) is 0. The van der Waals surface area contributed by atoms with Gasteiger partial charge in [-0.3, -0.25) is 0 Å². The number of rotatable bonds is 5. The predicted molar refractivity (Wildman–Crippen MR) is 186 cm³/mol. The van der Waals surface area contributed by atoms with Gasteiger partial charge in [0, 0.05) is 23.2 Å². The van der Waals surface area contributed by atoms with Crippen LogP contribution in [0.2, 0.25) is 5.02 Å². The van der Waals surface area contributed by atoms with Gasteiger partial charge in [0.05, 0.1) is 22.2 Å². The molecule has 0 saturated carbocycles. The van der Waals surface area contributed by atoms with E-state index >= 15 is 0 Å². The molecule has 1 aliphatic carbocycles. The predicted octanol–water partition coefficient (Wildman–Crippen LogP) is 11.1. The molecule has 0 N–H and O–H groups in total. The quantitative estimate of drug-likeness (QED) is 0.193. The normalized spacial score (nSPS) is 13.1. The van der Waals surface area contributed by atoms with E-state index in [1.165, 1.54) is 33.4 Å². The van der Waals surface area contributed by atoms with Crippen LogP contribution in [0.3, 0.4) is 0 Å². The summed E-state index contributed by atoms with van der Waals surface area (Å²) in [6.45, 7) is 0. The molecule has 1 aliphatic rings. The monoisotopic (exact) mass is 610 g/mol. The lowest BCUT2D eigenvalue weighted by molar-refractivity contribution is -0.288. The van der Waals surface area contributed by atoms with Crippen LogP contribution in [0.1, 0.15) is 22.3 Å². The summed E-state index contributed by atoms with van der Waals surface area (Å²) in [5, 5.41) is 2.96. The fourth-order valence-corrected chi connectivity index (χ4v) is 7.76. The molecule has 8 aromatic rings. The number of para-hydroxylation sites is 1. The van der Waals surface area contributed by atoms with Crippen LogP contribution in [-0.2, 0) is 5.41 Å². The summed E-state index contributed by atoms with van der Waals surface area (Å²) in [7, 11) is 0. The van der Waals surface area contributed by atoms with Gasteiger partial charge >= 0.3 is 0 Å². The summed E-state index contributed by atoms with van der Waals surface area (Å²) < 4.78 is 6.36. The summed E-state index contributed by atoms with van der Waals surface area (Å²) in [5.74, 6) is 0. The highest BCUT2D eigenvalue weighted by Gasteiger charge is 2.46. The van der Waals surface area contributed by atoms with Crippen molar-refractivity contribution in [2.24, 2.45) is 0 Å². The lowest BCUT2D eigenvalue weighted by Gasteiger charge is -2.35. The molecule has 0 fully saturated rings. The van der Waals surface area contributed by atoms with E-state index < -0.39 is 5.41 Å². The van der Waals surface area contributed by atoms with Gasteiger partial charge in [0.2, 0.25) is 5.02 Å². The molecule has 0 unspecified atom stereocenters. The van der Waals surface area contributed by atoms with E-state index in [9.17, 15) is 0 Å². The van der Waals surface area contributed by atoms with Crippen molar-refractivity contribution in [3.8, 4) is 11.1 Å². The Labute approximate surface area is 272 Å². The van der Waals surface area contributed by atoms with Crippen molar-refractivity contribution < 1.29 is 16.0 Å². The van der Waals surface area contributed by atoms with Gasteiger partial charge < -0.3 is 9.32 Å². The van der Waals surface area contributed by atoms with Crippen molar-refractivity contribution in [3.05, 3.63) is 197 Å². The number of halogens is 1. The molecule has 218 valence electrons. The number of fused-ring (bicyclic) bond motifs is 6. The third kappa shape index (κ3) is 3.90. The fraction of sp³-hybridized carbons (Fsp3) is 0.0233. The van der Waals surface area contributed by atoms with E-state index in [0.717, 1.165) is 44.0 Å². The standard InChI is InChI=1S/C43H29ClNO/c44-31-17-11-18-32(27-31)45(39-22-12-24-41-42(39)36-20-8-10-23-40(36)46-41)33-25-26-35-34-19-7-9-21-37(34)43(38(35)28-33,29-13-3-1-4-14-29)30-15-5-2-6-16-30/h1-28,44H/q+1. The molecule has 0 spiro atoms. The zero-order valence-corrected chi connectivity index (χ0v) is 25.7. The van der Waals surface area contributed by atoms with Gasteiger partial charge in [-0.1, -0.05) is 121 Å². The van der Waals surface area contributed by atoms with Crippen LogP contribution in [0, 0.1) is 11.6 Å². The molecule has 3 heteroatoms. The molecule has 0 amide bonds. The molecule has 46 heavy (non-hydrogen) atoms. The van der Waals surface area contributed by atoms with Crippen molar-refractivity contribution in [1.29, 1.82) is 0 Å². The Morgan fingerprint density at radius 2 is 1.11 bits per heavy atom. The molecule has 7 aromatic carbocycles. The number of benzene rings is 7. The molecular weight excluding hydrogens is 582 g/mol.